The molecule has 0 fully saturated rings. The van der Waals surface area contributed by atoms with Gasteiger partial charge >= 0.3 is 13.6 Å². The fourth-order valence-corrected chi connectivity index (χ4v) is 4.79. The van der Waals surface area contributed by atoms with Gasteiger partial charge in [0.2, 0.25) is 0 Å². The van der Waals surface area contributed by atoms with Crippen LogP contribution in [-0.4, -0.2) is 36.7 Å². The number of phosphoric acid groups is 1. The van der Waals surface area contributed by atoms with Crippen LogP contribution >= 0.6 is 7.82 Å². The van der Waals surface area contributed by atoms with Gasteiger partial charge in [-0.05, 0) is 65.6 Å². The van der Waals surface area contributed by atoms with Crippen molar-refractivity contribution in [3.63, 3.8) is 0 Å². The molecule has 12 heteroatoms. The first-order valence-corrected chi connectivity index (χ1v) is 13.1. The average Bonchev–Trinajstić information content (AvgIpc) is 3.46. The molecule has 0 saturated heterocycles. The maximum Gasteiger partial charge on any atom is 0.519 e. The number of phosphoric ester groups is 1. The van der Waals surface area contributed by atoms with Gasteiger partial charge < -0.3 is 27.8 Å². The fourth-order valence-electron chi connectivity index (χ4n) is 3.75. The smallest absolute Gasteiger partial charge is 0.428 e. The van der Waals surface area contributed by atoms with Gasteiger partial charge in [0, 0.05) is 18.1 Å². The van der Waals surface area contributed by atoms with Crippen molar-refractivity contribution in [3.05, 3.63) is 81.7 Å². The number of fused-ring (bicyclic) bond motifs is 1. The number of likely N-dealkylation sites (N-methyl/N-ethyl adjacent to an activating group) is 1. The third-order valence-corrected chi connectivity index (χ3v) is 7.06. The number of allylic oxidation sites excluding steroid dienone is 1. The van der Waals surface area contributed by atoms with E-state index in [1.165, 1.54) is 6.92 Å². The average molecular weight is 535 g/mol. The lowest BCUT2D eigenvalue weighted by Gasteiger charge is -2.18. The minimum Gasteiger partial charge on any atom is -0.428 e. The van der Waals surface area contributed by atoms with Crippen LogP contribution in [-0.2, 0) is 47.4 Å². The zero-order valence-electron chi connectivity index (χ0n) is 21.6. The number of hydrogen-bond donors (Lipinski definition) is 0. The van der Waals surface area contributed by atoms with Crippen molar-refractivity contribution >= 4 is 18.7 Å². The maximum absolute atomic E-state index is 13.7. The number of hydrogen-bond acceptors (Lipinski definition) is 10. The Kier molecular flexibility index (Phi) is 8.11. The first-order chi connectivity index (χ1) is 17.5. The zero-order valence-corrected chi connectivity index (χ0v) is 22.5. The molecule has 0 N–H and O–H groups in total. The van der Waals surface area contributed by atoms with Crippen LogP contribution in [0, 0.1) is 13.8 Å². The quantitative estimate of drug-likeness (QED) is 0.295. The summed E-state index contributed by atoms with van der Waals surface area (Å²) in [5, 5.41) is 1.09. The Morgan fingerprint density at radius 3 is 2.46 bits per heavy atom. The van der Waals surface area contributed by atoms with Crippen LogP contribution < -0.4 is 5.82 Å². The number of rotatable bonds is 12. The minimum absolute atomic E-state index is 0.0782. The van der Waals surface area contributed by atoms with E-state index < -0.39 is 13.6 Å². The van der Waals surface area contributed by atoms with Crippen LogP contribution in [0.1, 0.15) is 29.6 Å². The van der Waals surface area contributed by atoms with Crippen LogP contribution in [0.3, 0.4) is 0 Å². The molecule has 2 aromatic heterocycles. The van der Waals surface area contributed by atoms with Gasteiger partial charge in [0.15, 0.2) is 11.5 Å². The summed E-state index contributed by atoms with van der Waals surface area (Å²) in [6.07, 6.45) is 2.81. The Morgan fingerprint density at radius 2 is 1.81 bits per heavy atom. The molecule has 0 spiro atoms. The highest BCUT2D eigenvalue weighted by Gasteiger charge is 2.31. The zero-order chi connectivity index (χ0) is 26.7. The van der Waals surface area contributed by atoms with E-state index in [4.69, 9.17) is 31.9 Å². The van der Waals surface area contributed by atoms with Crippen LogP contribution in [0.2, 0.25) is 0 Å². The molecule has 1 aliphatic rings. The second-order valence-electron chi connectivity index (χ2n) is 8.94. The molecule has 4 rings (SSSR count). The number of benzene rings is 1. The van der Waals surface area contributed by atoms with Gasteiger partial charge in [-0.15, -0.1) is 0 Å². The van der Waals surface area contributed by atoms with Gasteiger partial charge in [-0.25, -0.2) is 9.36 Å². The second kappa shape index (κ2) is 11.1. The van der Waals surface area contributed by atoms with Crippen LogP contribution in [0.25, 0.3) is 10.9 Å². The van der Waals surface area contributed by atoms with E-state index in [-0.39, 0.29) is 43.2 Å². The van der Waals surface area contributed by atoms with E-state index in [0.717, 1.165) is 35.0 Å². The number of aryl methyl sites for hydroxylation is 2. The summed E-state index contributed by atoms with van der Waals surface area (Å²) in [6, 6.07) is 6.11. The second-order valence-corrected chi connectivity index (χ2v) is 10.6. The molecule has 1 aromatic carbocycles. The lowest BCUT2D eigenvalue weighted by atomic mass is 10.1. The van der Waals surface area contributed by atoms with E-state index in [2.05, 4.69) is 17.5 Å². The number of ether oxygens (including phenoxy) is 2. The summed E-state index contributed by atoms with van der Waals surface area (Å²) in [7, 11) is -0.158. The predicted octanol–water partition coefficient (Wildman–Crippen LogP) is 4.97. The molecule has 37 heavy (non-hydrogen) atoms. The normalized spacial score (nSPS) is 15.5. The fraction of sp³-hybridized carbons (Fsp3) is 0.400. The van der Waals surface area contributed by atoms with Gasteiger partial charge in [-0.1, -0.05) is 11.6 Å². The molecule has 0 aliphatic carbocycles. The van der Waals surface area contributed by atoms with Gasteiger partial charge in [-0.2, -0.15) is 0 Å². The van der Waals surface area contributed by atoms with Crippen molar-refractivity contribution in [2.75, 3.05) is 27.2 Å². The molecule has 0 amide bonds. The molecule has 3 heterocycles. The van der Waals surface area contributed by atoms with E-state index in [0.29, 0.717) is 5.76 Å². The number of aromatic nitrogens is 1. The molecular formula is C25H31N2O9P. The summed E-state index contributed by atoms with van der Waals surface area (Å²) in [6.45, 7) is 8.96. The topological polar surface area (TPSA) is 115 Å². The summed E-state index contributed by atoms with van der Waals surface area (Å²) in [5.74, 6) is 0.193. The van der Waals surface area contributed by atoms with Crippen molar-refractivity contribution in [1.29, 1.82) is 0 Å². The molecule has 200 valence electrons. The Balaban J connectivity index is 1.55. The summed E-state index contributed by atoms with van der Waals surface area (Å²) < 4.78 is 52.8. The van der Waals surface area contributed by atoms with Crippen molar-refractivity contribution in [1.82, 2.24) is 9.47 Å². The Bertz CT molecular complexity index is 1430. The molecular weight excluding hydrogens is 503 g/mol. The van der Waals surface area contributed by atoms with Crippen molar-refractivity contribution in [2.45, 2.75) is 40.5 Å². The van der Waals surface area contributed by atoms with Crippen LogP contribution in [0.5, 0.6) is 0 Å². The van der Waals surface area contributed by atoms with E-state index >= 15 is 0 Å². The SMILES string of the molecule is C=C1OC(C)=C(COP(=O)(OCc2oc(=O)oc2C)OCn2cc(CCN(C)C)c3cc(C)ccc32)O1. The highest BCUT2D eigenvalue weighted by atomic mass is 31.2. The van der Waals surface area contributed by atoms with E-state index in [9.17, 15) is 9.36 Å². The maximum atomic E-state index is 13.7. The Morgan fingerprint density at radius 1 is 1.05 bits per heavy atom. The van der Waals surface area contributed by atoms with Crippen molar-refractivity contribution in [3.8, 4) is 0 Å². The summed E-state index contributed by atoms with van der Waals surface area (Å²) >= 11 is 0. The molecule has 0 bridgehead atoms. The molecule has 1 aliphatic heterocycles. The lowest BCUT2D eigenvalue weighted by molar-refractivity contribution is 0.0775. The van der Waals surface area contributed by atoms with Crippen molar-refractivity contribution in [2.24, 2.45) is 0 Å². The minimum atomic E-state index is -4.20. The Hall–Kier alpha value is -3.08. The highest BCUT2D eigenvalue weighted by Crippen LogP contribution is 2.51. The molecule has 11 nitrogen and oxygen atoms in total. The molecule has 1 atom stereocenters. The number of nitrogens with zero attached hydrogens (tertiary/aromatic N) is 2. The highest BCUT2D eigenvalue weighted by molar-refractivity contribution is 7.48. The molecule has 0 saturated carbocycles. The van der Waals surface area contributed by atoms with E-state index in [1.54, 1.807) is 6.92 Å². The predicted molar refractivity (Wildman–Crippen MR) is 134 cm³/mol. The third-order valence-electron chi connectivity index (χ3n) is 5.74. The first kappa shape index (κ1) is 27.0. The third kappa shape index (κ3) is 6.63. The summed E-state index contributed by atoms with van der Waals surface area (Å²) in [5.41, 5.74) is 3.19. The molecule has 0 radical (unpaired) electrons. The van der Waals surface area contributed by atoms with Gasteiger partial charge in [-0.3, -0.25) is 13.6 Å². The first-order valence-electron chi connectivity index (χ1n) is 11.6. The largest absolute Gasteiger partial charge is 0.519 e. The van der Waals surface area contributed by atoms with Gasteiger partial charge in [0.1, 0.15) is 31.5 Å². The van der Waals surface area contributed by atoms with Gasteiger partial charge in [0.25, 0.3) is 5.95 Å². The van der Waals surface area contributed by atoms with Crippen molar-refractivity contribution < 1.29 is 36.4 Å². The monoisotopic (exact) mass is 534 g/mol. The lowest BCUT2D eigenvalue weighted by Crippen LogP contribution is -2.14. The standard InChI is InChI=1S/C25H31N2O9P/c1-16-7-8-22-21(11-16)20(9-10-26(5)6)12-27(22)15-32-37(29,30-13-23-17(2)33-19(4)35-23)31-14-24-18(3)34-25(28)36-24/h7-8,11-12H,4,9-10,13-15H2,1-3,5-6H3. The summed E-state index contributed by atoms with van der Waals surface area (Å²) in [4.78, 5) is 13.5. The van der Waals surface area contributed by atoms with Gasteiger partial charge in [0.05, 0.1) is 5.52 Å². The molecule has 3 aromatic rings. The van der Waals surface area contributed by atoms with Crippen LogP contribution in [0.4, 0.5) is 0 Å². The Labute approximate surface area is 214 Å². The van der Waals surface area contributed by atoms with Crippen LogP contribution in [0.15, 0.2) is 62.1 Å². The van der Waals surface area contributed by atoms with E-state index in [1.807, 2.05) is 43.9 Å². The molecule has 1 unspecified atom stereocenters.